The summed E-state index contributed by atoms with van der Waals surface area (Å²) in [6.45, 7) is 2.99. The minimum Gasteiger partial charge on any atom is -0.477 e. The van der Waals surface area contributed by atoms with Crippen molar-refractivity contribution in [2.75, 3.05) is 26.3 Å². The van der Waals surface area contributed by atoms with Crippen LogP contribution in [0, 0.1) is 5.41 Å². The van der Waals surface area contributed by atoms with Crippen LogP contribution in [0.15, 0.2) is 12.1 Å². The third-order valence-corrected chi connectivity index (χ3v) is 5.00. The van der Waals surface area contributed by atoms with Crippen LogP contribution in [0.25, 0.3) is 0 Å². The molecule has 1 spiro atoms. The van der Waals surface area contributed by atoms with Gasteiger partial charge in [-0.1, -0.05) is 0 Å². The van der Waals surface area contributed by atoms with E-state index in [1.807, 2.05) is 4.90 Å². The lowest BCUT2D eigenvalue weighted by Gasteiger charge is -2.21. The molecular weight excluding hydrogens is 266 g/mol. The molecule has 1 aromatic rings. The van der Waals surface area contributed by atoms with Crippen molar-refractivity contribution in [2.45, 2.75) is 12.8 Å². The van der Waals surface area contributed by atoms with Gasteiger partial charge in [0.2, 0.25) is 0 Å². The largest absolute Gasteiger partial charge is 0.477 e. The van der Waals surface area contributed by atoms with Crippen LogP contribution >= 0.6 is 11.3 Å². The van der Waals surface area contributed by atoms with Crippen molar-refractivity contribution in [1.82, 2.24) is 4.90 Å². The molecule has 0 saturated carbocycles. The molecule has 1 atom stereocenters. The van der Waals surface area contributed by atoms with Crippen molar-refractivity contribution in [2.24, 2.45) is 5.41 Å². The average molecular weight is 281 g/mol. The van der Waals surface area contributed by atoms with Crippen molar-refractivity contribution >= 4 is 23.2 Å². The van der Waals surface area contributed by atoms with Crippen LogP contribution in [-0.4, -0.2) is 48.2 Å². The Labute approximate surface area is 114 Å². The van der Waals surface area contributed by atoms with Gasteiger partial charge in [-0.15, -0.1) is 11.3 Å². The van der Waals surface area contributed by atoms with Gasteiger partial charge < -0.3 is 14.7 Å². The quantitative estimate of drug-likeness (QED) is 0.896. The Morgan fingerprint density at radius 1 is 1.32 bits per heavy atom. The number of ether oxygens (including phenoxy) is 1. The van der Waals surface area contributed by atoms with E-state index in [2.05, 4.69) is 0 Å². The van der Waals surface area contributed by atoms with Gasteiger partial charge in [0, 0.05) is 25.1 Å². The molecule has 5 nitrogen and oxygen atoms in total. The number of amides is 1. The molecule has 3 heterocycles. The number of hydrogen-bond acceptors (Lipinski definition) is 4. The first-order valence-corrected chi connectivity index (χ1v) is 7.11. The number of nitrogens with zero attached hydrogens (tertiary/aromatic N) is 1. The molecule has 19 heavy (non-hydrogen) atoms. The van der Waals surface area contributed by atoms with Crippen LogP contribution in [0.1, 0.15) is 32.2 Å². The Hall–Kier alpha value is -1.40. The number of carbonyl (C=O) groups excluding carboxylic acids is 1. The maximum absolute atomic E-state index is 12.3. The molecular formula is C13H15NO4S. The van der Waals surface area contributed by atoms with Crippen LogP contribution in [-0.2, 0) is 4.74 Å². The van der Waals surface area contributed by atoms with Gasteiger partial charge in [-0.2, -0.15) is 0 Å². The fourth-order valence-corrected chi connectivity index (χ4v) is 3.62. The van der Waals surface area contributed by atoms with E-state index in [1.54, 1.807) is 6.07 Å². The summed E-state index contributed by atoms with van der Waals surface area (Å²) < 4.78 is 5.44. The van der Waals surface area contributed by atoms with Gasteiger partial charge in [0.25, 0.3) is 5.91 Å². The molecule has 6 heteroatoms. The number of carboxylic acids is 1. The average Bonchev–Trinajstić information content (AvgIpc) is 3.11. The number of carbonyl (C=O) groups is 2. The summed E-state index contributed by atoms with van der Waals surface area (Å²) >= 11 is 1.04. The highest BCUT2D eigenvalue weighted by molar-refractivity contribution is 7.15. The summed E-state index contributed by atoms with van der Waals surface area (Å²) in [6.07, 6.45) is 2.00. The van der Waals surface area contributed by atoms with Gasteiger partial charge in [0.05, 0.1) is 11.5 Å². The lowest BCUT2D eigenvalue weighted by atomic mass is 9.87. The minimum atomic E-state index is -0.980. The van der Waals surface area contributed by atoms with E-state index in [1.165, 1.54) is 6.07 Å². The van der Waals surface area contributed by atoms with E-state index in [0.717, 1.165) is 50.5 Å². The first-order valence-electron chi connectivity index (χ1n) is 6.30. The minimum absolute atomic E-state index is 0.0544. The van der Waals surface area contributed by atoms with E-state index >= 15 is 0 Å². The Balaban J connectivity index is 1.72. The topological polar surface area (TPSA) is 66.8 Å². The third-order valence-electron chi connectivity index (χ3n) is 3.94. The molecule has 2 fully saturated rings. The third kappa shape index (κ3) is 2.26. The zero-order valence-electron chi connectivity index (χ0n) is 10.4. The monoisotopic (exact) mass is 281 g/mol. The molecule has 2 aliphatic rings. The fourth-order valence-electron chi connectivity index (χ4n) is 2.80. The molecule has 1 unspecified atom stereocenters. The van der Waals surface area contributed by atoms with Gasteiger partial charge in [-0.3, -0.25) is 4.79 Å². The summed E-state index contributed by atoms with van der Waals surface area (Å²) in [5.41, 5.74) is 0.141. The van der Waals surface area contributed by atoms with Crippen molar-refractivity contribution in [3.63, 3.8) is 0 Å². The summed E-state index contributed by atoms with van der Waals surface area (Å²) in [5, 5.41) is 8.88. The van der Waals surface area contributed by atoms with Crippen LogP contribution < -0.4 is 0 Å². The molecule has 102 valence electrons. The van der Waals surface area contributed by atoms with E-state index in [9.17, 15) is 9.59 Å². The highest BCUT2D eigenvalue weighted by Crippen LogP contribution is 2.38. The van der Waals surface area contributed by atoms with Crippen LogP contribution in [0.2, 0.25) is 0 Å². The van der Waals surface area contributed by atoms with Crippen LogP contribution in [0.3, 0.4) is 0 Å². The summed E-state index contributed by atoms with van der Waals surface area (Å²) in [7, 11) is 0. The maximum Gasteiger partial charge on any atom is 0.345 e. The Morgan fingerprint density at radius 2 is 2.11 bits per heavy atom. The highest BCUT2D eigenvalue weighted by Gasteiger charge is 2.43. The number of rotatable bonds is 2. The Kier molecular flexibility index (Phi) is 3.06. The summed E-state index contributed by atoms with van der Waals surface area (Å²) in [6, 6.07) is 3.09. The molecule has 0 aliphatic carbocycles. The molecule has 1 aromatic heterocycles. The zero-order valence-corrected chi connectivity index (χ0v) is 11.2. The number of hydrogen-bond donors (Lipinski definition) is 1. The van der Waals surface area contributed by atoms with Gasteiger partial charge in [0.15, 0.2) is 0 Å². The van der Waals surface area contributed by atoms with Crippen molar-refractivity contribution in [3.8, 4) is 0 Å². The summed E-state index contributed by atoms with van der Waals surface area (Å²) in [4.78, 5) is 25.7. The molecule has 1 N–H and O–H groups in total. The second-order valence-electron chi connectivity index (χ2n) is 5.25. The predicted octanol–water partition coefficient (Wildman–Crippen LogP) is 1.70. The van der Waals surface area contributed by atoms with Crippen LogP contribution in [0.4, 0.5) is 0 Å². The molecule has 0 aromatic carbocycles. The molecule has 1 amide bonds. The maximum atomic E-state index is 12.3. The highest BCUT2D eigenvalue weighted by atomic mass is 32.1. The Bertz CT molecular complexity index is 518. The fraction of sp³-hybridized carbons (Fsp3) is 0.538. The van der Waals surface area contributed by atoms with Gasteiger partial charge in [-0.05, 0) is 25.0 Å². The van der Waals surface area contributed by atoms with Gasteiger partial charge in [0.1, 0.15) is 4.88 Å². The van der Waals surface area contributed by atoms with Crippen molar-refractivity contribution in [1.29, 1.82) is 0 Å². The first kappa shape index (κ1) is 12.6. The lowest BCUT2D eigenvalue weighted by molar-refractivity contribution is 0.0701. The van der Waals surface area contributed by atoms with E-state index in [4.69, 9.17) is 9.84 Å². The second kappa shape index (κ2) is 4.61. The standard InChI is InChI=1S/C13H15NO4S/c15-11(9-1-2-10(19-9)12(16)17)14-5-3-13(7-14)4-6-18-8-13/h1-2H,3-8H2,(H,16,17). The van der Waals surface area contributed by atoms with Crippen molar-refractivity contribution in [3.05, 3.63) is 21.9 Å². The molecule has 0 radical (unpaired) electrons. The SMILES string of the molecule is O=C(O)c1ccc(C(=O)N2CCC3(CCOC3)C2)s1. The predicted molar refractivity (Wildman–Crippen MR) is 69.7 cm³/mol. The molecule has 2 saturated heterocycles. The van der Waals surface area contributed by atoms with Gasteiger partial charge in [-0.25, -0.2) is 4.79 Å². The smallest absolute Gasteiger partial charge is 0.345 e. The molecule has 2 aliphatic heterocycles. The first-order chi connectivity index (χ1) is 9.10. The second-order valence-corrected chi connectivity index (χ2v) is 6.33. The normalized spacial score (nSPS) is 26.2. The lowest BCUT2D eigenvalue weighted by Crippen LogP contribution is -2.32. The van der Waals surface area contributed by atoms with E-state index in [0.29, 0.717) is 4.88 Å². The number of thiophene rings is 1. The van der Waals surface area contributed by atoms with Gasteiger partial charge >= 0.3 is 5.97 Å². The van der Waals surface area contributed by atoms with Crippen LogP contribution in [0.5, 0.6) is 0 Å². The van der Waals surface area contributed by atoms with E-state index < -0.39 is 5.97 Å². The Morgan fingerprint density at radius 3 is 2.74 bits per heavy atom. The molecule has 0 bridgehead atoms. The van der Waals surface area contributed by atoms with Crippen molar-refractivity contribution < 1.29 is 19.4 Å². The zero-order chi connectivity index (χ0) is 13.5. The van der Waals surface area contributed by atoms with E-state index in [-0.39, 0.29) is 16.2 Å². The molecule has 3 rings (SSSR count). The number of carboxylic acid groups (broad SMARTS) is 1. The number of aromatic carboxylic acids is 1. The number of likely N-dealkylation sites (tertiary alicyclic amines) is 1. The summed E-state index contributed by atoms with van der Waals surface area (Å²) in [5.74, 6) is -1.03.